The fourth-order valence-electron chi connectivity index (χ4n) is 2.20. The lowest BCUT2D eigenvalue weighted by atomic mass is 10.0. The summed E-state index contributed by atoms with van der Waals surface area (Å²) in [4.78, 5) is 28.7. The maximum absolute atomic E-state index is 13.7. The predicted octanol–water partition coefficient (Wildman–Crippen LogP) is 1.96. The van der Waals surface area contributed by atoms with E-state index in [2.05, 4.69) is 15.6 Å². The molecule has 1 aliphatic heterocycles. The van der Waals surface area contributed by atoms with Gasteiger partial charge in [-0.05, 0) is 31.2 Å². The van der Waals surface area contributed by atoms with Crippen LogP contribution < -0.4 is 20.1 Å². The lowest BCUT2D eigenvalue weighted by molar-refractivity contribution is -0.143. The molecule has 124 valence electrons. The number of fused-ring (bicyclic) bond motifs is 1. The van der Waals surface area contributed by atoms with Crippen LogP contribution in [0.4, 0.5) is 15.9 Å². The average molecular weight is 331 g/mol. The van der Waals surface area contributed by atoms with E-state index in [1.165, 1.54) is 32.4 Å². The number of anilines is 2. The van der Waals surface area contributed by atoms with Crippen LogP contribution in [0, 0.1) is 5.82 Å². The summed E-state index contributed by atoms with van der Waals surface area (Å²) in [6, 6.07) is 7.12. The molecule has 2 N–H and O–H groups in total. The van der Waals surface area contributed by atoms with Crippen molar-refractivity contribution in [2.24, 2.45) is 0 Å². The summed E-state index contributed by atoms with van der Waals surface area (Å²) >= 11 is 0. The first-order valence-electron chi connectivity index (χ1n) is 7.04. The number of aromatic nitrogens is 1. The molecule has 0 radical (unpaired) electrons. The van der Waals surface area contributed by atoms with Gasteiger partial charge in [0, 0.05) is 18.0 Å². The highest BCUT2D eigenvalue weighted by atomic mass is 19.1. The Balaban J connectivity index is 1.84. The van der Waals surface area contributed by atoms with Gasteiger partial charge in [-0.2, -0.15) is 0 Å². The standard InChI is InChI=1S/C16H14FN3O4/c1-16(15(22)20-13-12(24-16)4-3-7-18-13)14(21)19-9-5-6-11(23-2)10(17)8-9/h3-8H,1-2H3,(H,19,21)(H,18,20,22)/t16-/m0/s1. The van der Waals surface area contributed by atoms with Gasteiger partial charge in [0.25, 0.3) is 17.4 Å². The van der Waals surface area contributed by atoms with E-state index in [0.29, 0.717) is 0 Å². The largest absolute Gasteiger partial charge is 0.494 e. The molecule has 2 heterocycles. The number of amides is 2. The Bertz CT molecular complexity index is 827. The van der Waals surface area contributed by atoms with E-state index in [4.69, 9.17) is 9.47 Å². The van der Waals surface area contributed by atoms with E-state index < -0.39 is 23.2 Å². The molecular weight excluding hydrogens is 317 g/mol. The summed E-state index contributed by atoms with van der Waals surface area (Å²) in [6.45, 7) is 1.33. The molecule has 0 spiro atoms. The quantitative estimate of drug-likeness (QED) is 0.839. The number of carbonyl (C=O) groups is 2. The zero-order valence-corrected chi connectivity index (χ0v) is 12.9. The molecule has 0 bridgehead atoms. The Morgan fingerprint density at radius 1 is 1.42 bits per heavy atom. The summed E-state index contributed by atoms with van der Waals surface area (Å²) < 4.78 is 24.1. The number of halogens is 1. The predicted molar refractivity (Wildman–Crippen MR) is 83.5 cm³/mol. The molecule has 0 fully saturated rings. The first-order chi connectivity index (χ1) is 11.4. The Morgan fingerprint density at radius 2 is 2.21 bits per heavy atom. The molecule has 1 aromatic carbocycles. The highest BCUT2D eigenvalue weighted by Crippen LogP contribution is 2.32. The molecule has 7 nitrogen and oxygen atoms in total. The smallest absolute Gasteiger partial charge is 0.279 e. The zero-order chi connectivity index (χ0) is 17.3. The SMILES string of the molecule is COc1ccc(NC(=O)[C@]2(C)Oc3cccnc3NC2=O)cc1F. The lowest BCUT2D eigenvalue weighted by Gasteiger charge is -2.32. The van der Waals surface area contributed by atoms with Gasteiger partial charge in [-0.15, -0.1) is 0 Å². The normalized spacial score (nSPS) is 18.9. The molecule has 3 rings (SSSR count). The number of nitrogens with zero attached hydrogens (tertiary/aromatic N) is 1. The molecule has 1 aliphatic rings. The third-order valence-electron chi connectivity index (χ3n) is 3.59. The van der Waals surface area contributed by atoms with Crippen LogP contribution in [0.1, 0.15) is 6.92 Å². The van der Waals surface area contributed by atoms with Crippen molar-refractivity contribution in [1.82, 2.24) is 4.98 Å². The second-order valence-electron chi connectivity index (χ2n) is 5.24. The molecular formula is C16H14FN3O4. The summed E-state index contributed by atoms with van der Waals surface area (Å²) in [6.07, 6.45) is 1.49. The maximum atomic E-state index is 13.7. The zero-order valence-electron chi connectivity index (χ0n) is 12.9. The van der Waals surface area contributed by atoms with Crippen molar-refractivity contribution in [3.63, 3.8) is 0 Å². The van der Waals surface area contributed by atoms with Crippen LogP contribution in [0.15, 0.2) is 36.5 Å². The van der Waals surface area contributed by atoms with Crippen molar-refractivity contribution in [3.8, 4) is 11.5 Å². The minimum Gasteiger partial charge on any atom is -0.494 e. The Hall–Kier alpha value is -3.16. The van der Waals surface area contributed by atoms with Crippen molar-refractivity contribution in [2.45, 2.75) is 12.5 Å². The highest BCUT2D eigenvalue weighted by Gasteiger charge is 2.47. The van der Waals surface area contributed by atoms with Crippen LogP contribution in [-0.4, -0.2) is 29.5 Å². The van der Waals surface area contributed by atoms with Crippen LogP contribution in [-0.2, 0) is 9.59 Å². The number of rotatable bonds is 3. The van der Waals surface area contributed by atoms with Gasteiger partial charge in [0.2, 0.25) is 0 Å². The number of hydrogen-bond acceptors (Lipinski definition) is 5. The van der Waals surface area contributed by atoms with E-state index in [1.807, 2.05) is 0 Å². The fraction of sp³-hybridized carbons (Fsp3) is 0.188. The summed E-state index contributed by atoms with van der Waals surface area (Å²) in [5.41, 5.74) is -1.64. The van der Waals surface area contributed by atoms with Crippen molar-refractivity contribution in [3.05, 3.63) is 42.3 Å². The topological polar surface area (TPSA) is 89.6 Å². The van der Waals surface area contributed by atoms with Gasteiger partial charge in [-0.3, -0.25) is 9.59 Å². The number of ether oxygens (including phenoxy) is 2. The van der Waals surface area contributed by atoms with E-state index in [0.717, 1.165) is 6.07 Å². The van der Waals surface area contributed by atoms with Crippen molar-refractivity contribution in [1.29, 1.82) is 0 Å². The molecule has 2 amide bonds. The molecule has 24 heavy (non-hydrogen) atoms. The van der Waals surface area contributed by atoms with Crippen LogP contribution in [0.25, 0.3) is 0 Å². The second-order valence-corrected chi connectivity index (χ2v) is 5.24. The van der Waals surface area contributed by atoms with E-state index in [9.17, 15) is 14.0 Å². The van der Waals surface area contributed by atoms with Gasteiger partial charge < -0.3 is 20.1 Å². The average Bonchev–Trinajstić information content (AvgIpc) is 2.56. The Morgan fingerprint density at radius 3 is 2.92 bits per heavy atom. The number of methoxy groups -OCH3 is 1. The third-order valence-corrected chi connectivity index (χ3v) is 3.59. The summed E-state index contributed by atoms with van der Waals surface area (Å²) in [5, 5.41) is 4.98. The number of pyridine rings is 1. The minimum absolute atomic E-state index is 0.0471. The van der Waals surface area contributed by atoms with Gasteiger partial charge in [0.15, 0.2) is 23.1 Å². The van der Waals surface area contributed by atoms with Crippen molar-refractivity contribution >= 4 is 23.3 Å². The van der Waals surface area contributed by atoms with Gasteiger partial charge >= 0.3 is 0 Å². The summed E-state index contributed by atoms with van der Waals surface area (Å²) in [5.74, 6) is -1.48. The van der Waals surface area contributed by atoms with Gasteiger partial charge in [0.1, 0.15) is 0 Å². The first kappa shape index (κ1) is 15.7. The van der Waals surface area contributed by atoms with Crippen LogP contribution >= 0.6 is 0 Å². The molecule has 1 atom stereocenters. The number of benzene rings is 1. The first-order valence-corrected chi connectivity index (χ1v) is 7.04. The van der Waals surface area contributed by atoms with Crippen LogP contribution in [0.3, 0.4) is 0 Å². The number of nitrogens with one attached hydrogen (secondary N) is 2. The monoisotopic (exact) mass is 331 g/mol. The molecule has 1 aromatic heterocycles. The van der Waals surface area contributed by atoms with Gasteiger partial charge in [-0.1, -0.05) is 0 Å². The van der Waals surface area contributed by atoms with Gasteiger partial charge in [-0.25, -0.2) is 9.37 Å². The lowest BCUT2D eigenvalue weighted by Crippen LogP contribution is -2.56. The second kappa shape index (κ2) is 5.80. The van der Waals surface area contributed by atoms with Crippen LogP contribution in [0.5, 0.6) is 11.5 Å². The third kappa shape index (κ3) is 2.62. The van der Waals surface area contributed by atoms with Crippen LogP contribution in [0.2, 0.25) is 0 Å². The van der Waals surface area contributed by atoms with E-state index >= 15 is 0 Å². The molecule has 0 unspecified atom stereocenters. The summed E-state index contributed by atoms with van der Waals surface area (Å²) in [7, 11) is 1.34. The Kier molecular flexibility index (Phi) is 3.80. The Labute approximate surface area is 136 Å². The fourth-order valence-corrected chi connectivity index (χ4v) is 2.20. The molecule has 2 aromatic rings. The molecule has 8 heteroatoms. The van der Waals surface area contributed by atoms with Crippen molar-refractivity contribution < 1.29 is 23.5 Å². The highest BCUT2D eigenvalue weighted by molar-refractivity contribution is 6.18. The minimum atomic E-state index is -1.81. The van der Waals surface area contributed by atoms with Gasteiger partial charge in [0.05, 0.1) is 7.11 Å². The molecule has 0 aliphatic carbocycles. The number of hydrogen-bond donors (Lipinski definition) is 2. The van der Waals surface area contributed by atoms with E-state index in [1.54, 1.807) is 12.1 Å². The van der Waals surface area contributed by atoms with Crippen molar-refractivity contribution in [2.75, 3.05) is 17.7 Å². The maximum Gasteiger partial charge on any atom is 0.279 e. The molecule has 0 saturated heterocycles. The van der Waals surface area contributed by atoms with E-state index in [-0.39, 0.29) is 23.0 Å². The molecule has 0 saturated carbocycles. The number of carbonyl (C=O) groups excluding carboxylic acids is 2.